The first-order chi connectivity index (χ1) is 8.97. The lowest BCUT2D eigenvalue weighted by molar-refractivity contribution is 0.467. The van der Waals surface area contributed by atoms with E-state index in [1.807, 2.05) is 6.92 Å². The quantitative estimate of drug-likeness (QED) is 0.598. The summed E-state index contributed by atoms with van der Waals surface area (Å²) in [6.45, 7) is 1.81. The van der Waals surface area contributed by atoms with Crippen molar-refractivity contribution >= 4 is 43.0 Å². The molecule has 0 bridgehead atoms. The number of aryl methyl sites for hydroxylation is 1. The molecular formula is C13H7Br2NO3. The van der Waals surface area contributed by atoms with Crippen molar-refractivity contribution in [1.82, 2.24) is 4.98 Å². The molecule has 96 valence electrons. The van der Waals surface area contributed by atoms with Crippen LogP contribution in [0.5, 0.6) is 5.75 Å². The molecule has 1 aromatic rings. The van der Waals surface area contributed by atoms with E-state index in [-0.39, 0.29) is 11.2 Å². The predicted molar refractivity (Wildman–Crippen MR) is 78.7 cm³/mol. The van der Waals surface area contributed by atoms with Crippen molar-refractivity contribution in [3.05, 3.63) is 42.9 Å². The van der Waals surface area contributed by atoms with E-state index in [1.54, 1.807) is 6.07 Å². The van der Waals surface area contributed by atoms with Crippen molar-refractivity contribution in [3.63, 3.8) is 0 Å². The van der Waals surface area contributed by atoms with E-state index in [0.717, 1.165) is 5.56 Å². The molecule has 1 N–H and O–H groups in total. The number of phenolic OH excluding ortho intramolecular Hbond substituents is 1. The lowest BCUT2D eigenvalue weighted by atomic mass is 10.1. The molecule has 2 aliphatic rings. The molecule has 0 saturated heterocycles. The first-order valence-corrected chi connectivity index (χ1v) is 6.98. The van der Waals surface area contributed by atoms with Gasteiger partial charge in [0.15, 0.2) is 16.8 Å². The van der Waals surface area contributed by atoms with Crippen molar-refractivity contribution < 1.29 is 9.52 Å². The zero-order valence-corrected chi connectivity index (χ0v) is 12.9. The summed E-state index contributed by atoms with van der Waals surface area (Å²) in [5, 5.41) is 9.84. The average Bonchev–Trinajstić information content (AvgIpc) is 2.35. The van der Waals surface area contributed by atoms with E-state index < -0.39 is 0 Å². The summed E-state index contributed by atoms with van der Waals surface area (Å²) < 4.78 is 6.61. The smallest absolute Gasteiger partial charge is 0.182 e. The van der Waals surface area contributed by atoms with Crippen LogP contribution in [0.4, 0.5) is 0 Å². The highest BCUT2D eigenvalue weighted by Crippen LogP contribution is 2.40. The lowest BCUT2D eigenvalue weighted by Crippen LogP contribution is -2.03. The molecule has 6 heteroatoms. The van der Waals surface area contributed by atoms with Crippen LogP contribution in [-0.2, 0) is 0 Å². The summed E-state index contributed by atoms with van der Waals surface area (Å²) in [7, 11) is 0. The Labute approximate surface area is 124 Å². The van der Waals surface area contributed by atoms with Gasteiger partial charge in [-0.05, 0) is 56.5 Å². The van der Waals surface area contributed by atoms with Gasteiger partial charge in [-0.15, -0.1) is 0 Å². The Bertz CT molecular complexity index is 842. The topological polar surface area (TPSA) is 63.3 Å². The fourth-order valence-electron chi connectivity index (χ4n) is 1.93. The number of rotatable bonds is 0. The van der Waals surface area contributed by atoms with Crippen LogP contribution in [-0.4, -0.2) is 10.1 Å². The monoisotopic (exact) mass is 383 g/mol. The van der Waals surface area contributed by atoms with E-state index in [2.05, 4.69) is 36.8 Å². The van der Waals surface area contributed by atoms with Gasteiger partial charge in [0, 0.05) is 6.07 Å². The number of hydrogen-bond donors (Lipinski definition) is 1. The van der Waals surface area contributed by atoms with Crippen LogP contribution >= 0.6 is 31.9 Å². The number of halogens is 2. The third-order valence-corrected chi connectivity index (χ3v) is 4.15. The zero-order chi connectivity index (χ0) is 13.7. The standard InChI is InChI=1S/C13H7Br2NO3/c1-5-2-6(17)3-9-11(5)16-8-4-7(14)12(18)10(15)13(8)19-9/h2-4,18H,1H3. The molecule has 1 aliphatic heterocycles. The Kier molecular flexibility index (Phi) is 2.87. The Hall–Kier alpha value is -1.40. The number of fused-ring (bicyclic) bond motifs is 2. The molecule has 0 fully saturated rings. The molecule has 4 nitrogen and oxygen atoms in total. The molecule has 19 heavy (non-hydrogen) atoms. The van der Waals surface area contributed by atoms with E-state index in [0.29, 0.717) is 31.5 Å². The highest BCUT2D eigenvalue weighted by molar-refractivity contribution is 9.11. The van der Waals surface area contributed by atoms with Gasteiger partial charge in [-0.1, -0.05) is 0 Å². The van der Waals surface area contributed by atoms with Crippen molar-refractivity contribution in [1.29, 1.82) is 0 Å². The third kappa shape index (κ3) is 1.95. The second-order valence-corrected chi connectivity index (χ2v) is 5.82. The maximum atomic E-state index is 11.5. The van der Waals surface area contributed by atoms with Crippen molar-refractivity contribution in [2.45, 2.75) is 6.92 Å². The minimum Gasteiger partial charge on any atom is -0.505 e. The second kappa shape index (κ2) is 4.31. The molecule has 0 unspecified atom stereocenters. The molecule has 0 spiro atoms. The maximum absolute atomic E-state index is 11.5. The van der Waals surface area contributed by atoms with Gasteiger partial charge in [0.25, 0.3) is 0 Å². The Morgan fingerprint density at radius 2 is 2.00 bits per heavy atom. The molecule has 1 heterocycles. The minimum atomic E-state index is -0.132. The summed E-state index contributed by atoms with van der Waals surface area (Å²) in [6, 6.07) is 4.57. The third-order valence-electron chi connectivity index (χ3n) is 2.81. The summed E-state index contributed by atoms with van der Waals surface area (Å²) in [4.78, 5) is 16.0. The number of aromatic hydroxyl groups is 1. The molecule has 0 radical (unpaired) electrons. The second-order valence-electron chi connectivity index (χ2n) is 4.17. The van der Waals surface area contributed by atoms with Crippen molar-refractivity contribution in [2.24, 2.45) is 0 Å². The molecular weight excluding hydrogens is 378 g/mol. The SMILES string of the molecule is Cc1cc(=O)cc2oc3c(Br)c(O)c(Br)cc3nc1-2. The van der Waals surface area contributed by atoms with Gasteiger partial charge in [0.1, 0.15) is 21.4 Å². The maximum Gasteiger partial charge on any atom is 0.182 e. The molecule has 0 aromatic heterocycles. The Morgan fingerprint density at radius 1 is 1.26 bits per heavy atom. The van der Waals surface area contributed by atoms with Crippen LogP contribution in [0.1, 0.15) is 5.56 Å². The summed E-state index contributed by atoms with van der Waals surface area (Å²) in [5.74, 6) is 0.437. The molecule has 1 aromatic carbocycles. The van der Waals surface area contributed by atoms with Gasteiger partial charge in [0.05, 0.1) is 4.47 Å². The van der Waals surface area contributed by atoms with Gasteiger partial charge >= 0.3 is 0 Å². The van der Waals surface area contributed by atoms with Crippen molar-refractivity contribution in [3.8, 4) is 17.2 Å². The minimum absolute atomic E-state index is 0.0346. The van der Waals surface area contributed by atoms with Crippen LogP contribution in [0.3, 0.4) is 0 Å². The molecule has 0 saturated carbocycles. The largest absolute Gasteiger partial charge is 0.505 e. The molecule has 0 atom stereocenters. The summed E-state index contributed by atoms with van der Waals surface area (Å²) >= 11 is 6.51. The fourth-order valence-corrected chi connectivity index (χ4v) is 3.10. The van der Waals surface area contributed by atoms with E-state index >= 15 is 0 Å². The molecule has 3 rings (SSSR count). The van der Waals surface area contributed by atoms with Crippen LogP contribution in [0.2, 0.25) is 0 Å². The average molecular weight is 385 g/mol. The van der Waals surface area contributed by atoms with E-state index in [4.69, 9.17) is 4.42 Å². The fraction of sp³-hybridized carbons (Fsp3) is 0.0769. The van der Waals surface area contributed by atoms with Crippen molar-refractivity contribution in [2.75, 3.05) is 0 Å². The van der Waals surface area contributed by atoms with Gasteiger partial charge < -0.3 is 9.52 Å². The highest BCUT2D eigenvalue weighted by Gasteiger charge is 2.17. The summed E-state index contributed by atoms with van der Waals surface area (Å²) in [6.07, 6.45) is 0. The predicted octanol–water partition coefficient (Wildman–Crippen LogP) is 3.83. The zero-order valence-electron chi connectivity index (χ0n) is 9.70. The van der Waals surface area contributed by atoms with Crippen LogP contribution in [0.25, 0.3) is 22.6 Å². The van der Waals surface area contributed by atoms with Gasteiger partial charge in [-0.3, -0.25) is 4.79 Å². The highest BCUT2D eigenvalue weighted by atomic mass is 79.9. The Balaban J connectivity index is 2.53. The normalized spacial score (nSPS) is 11.3. The van der Waals surface area contributed by atoms with E-state index in [1.165, 1.54) is 12.1 Å². The lowest BCUT2D eigenvalue weighted by Gasteiger charge is -2.10. The van der Waals surface area contributed by atoms with Gasteiger partial charge in [0.2, 0.25) is 0 Å². The van der Waals surface area contributed by atoms with Gasteiger partial charge in [-0.2, -0.15) is 0 Å². The van der Waals surface area contributed by atoms with Crippen LogP contribution in [0, 0.1) is 6.92 Å². The summed E-state index contributed by atoms with van der Waals surface area (Å²) in [5.41, 5.74) is 2.25. The molecule has 1 aliphatic carbocycles. The molecule has 0 amide bonds. The Morgan fingerprint density at radius 3 is 2.74 bits per heavy atom. The first kappa shape index (κ1) is 12.6. The first-order valence-electron chi connectivity index (χ1n) is 5.39. The number of hydrogen-bond acceptors (Lipinski definition) is 4. The van der Waals surface area contributed by atoms with Gasteiger partial charge in [-0.25, -0.2) is 4.98 Å². The van der Waals surface area contributed by atoms with Crippen LogP contribution in [0.15, 0.2) is 36.4 Å². The van der Waals surface area contributed by atoms with E-state index in [9.17, 15) is 9.90 Å². The number of benzene rings is 2. The number of phenols is 1. The van der Waals surface area contributed by atoms with Crippen LogP contribution < -0.4 is 5.43 Å². The number of nitrogens with zero attached hydrogens (tertiary/aromatic N) is 1. The number of aromatic nitrogens is 1.